The van der Waals surface area contributed by atoms with E-state index < -0.39 is 11.9 Å². The highest BCUT2D eigenvalue weighted by molar-refractivity contribution is 5.97. The summed E-state index contributed by atoms with van der Waals surface area (Å²) < 4.78 is 15.4. The van der Waals surface area contributed by atoms with E-state index in [1.165, 1.54) is 6.08 Å². The number of nitriles is 1. The Hall–Kier alpha value is -3.59. The number of hydrogen-bond donors (Lipinski definition) is 0. The van der Waals surface area contributed by atoms with Crippen molar-refractivity contribution in [2.24, 2.45) is 0 Å². The Kier molecular flexibility index (Phi) is 7.15. The SMILES string of the molecule is CCOC(=O)/C(C#N)=C/c1cccc(OC(=O)COc2ccc(C)cc2)c1. The Labute approximate surface area is 157 Å². The molecule has 6 nitrogen and oxygen atoms in total. The highest BCUT2D eigenvalue weighted by Crippen LogP contribution is 2.17. The van der Waals surface area contributed by atoms with Gasteiger partial charge in [0.15, 0.2) is 6.61 Å². The molecule has 0 aliphatic carbocycles. The maximum Gasteiger partial charge on any atom is 0.349 e. The van der Waals surface area contributed by atoms with Gasteiger partial charge in [0.25, 0.3) is 0 Å². The lowest BCUT2D eigenvalue weighted by atomic mass is 10.1. The Morgan fingerprint density at radius 3 is 2.52 bits per heavy atom. The highest BCUT2D eigenvalue weighted by atomic mass is 16.6. The Bertz CT molecular complexity index is 878. The predicted molar refractivity (Wildman–Crippen MR) is 99.0 cm³/mol. The number of ether oxygens (including phenoxy) is 3. The number of carbonyl (C=O) groups is 2. The second kappa shape index (κ2) is 9.78. The van der Waals surface area contributed by atoms with Crippen molar-refractivity contribution in [1.82, 2.24) is 0 Å². The van der Waals surface area contributed by atoms with Gasteiger partial charge in [0.2, 0.25) is 0 Å². The number of esters is 2. The van der Waals surface area contributed by atoms with Gasteiger partial charge in [0.1, 0.15) is 23.1 Å². The molecule has 0 N–H and O–H groups in total. The zero-order valence-corrected chi connectivity index (χ0v) is 15.1. The summed E-state index contributed by atoms with van der Waals surface area (Å²) in [7, 11) is 0. The first kappa shape index (κ1) is 19.7. The van der Waals surface area contributed by atoms with E-state index in [1.54, 1.807) is 49.4 Å². The van der Waals surface area contributed by atoms with Crippen LogP contribution in [0.4, 0.5) is 0 Å². The summed E-state index contributed by atoms with van der Waals surface area (Å²) in [5, 5.41) is 9.07. The van der Waals surface area contributed by atoms with Crippen LogP contribution in [0.25, 0.3) is 6.08 Å². The number of rotatable bonds is 7. The van der Waals surface area contributed by atoms with E-state index in [1.807, 2.05) is 19.1 Å². The van der Waals surface area contributed by atoms with Gasteiger partial charge >= 0.3 is 11.9 Å². The van der Waals surface area contributed by atoms with Crippen LogP contribution < -0.4 is 9.47 Å². The maximum atomic E-state index is 11.9. The minimum atomic E-state index is -0.700. The molecule has 2 rings (SSSR count). The molecule has 2 aromatic rings. The van der Waals surface area contributed by atoms with Crippen LogP contribution in [-0.4, -0.2) is 25.2 Å². The van der Waals surface area contributed by atoms with Crippen LogP contribution in [0.15, 0.2) is 54.1 Å². The molecule has 0 saturated heterocycles. The van der Waals surface area contributed by atoms with Crippen LogP contribution in [0.5, 0.6) is 11.5 Å². The summed E-state index contributed by atoms with van der Waals surface area (Å²) in [5.41, 5.74) is 1.49. The quantitative estimate of drug-likeness (QED) is 0.323. The van der Waals surface area contributed by atoms with E-state index in [4.69, 9.17) is 19.5 Å². The fraction of sp³-hybridized carbons (Fsp3) is 0.190. The van der Waals surface area contributed by atoms with Gasteiger partial charge in [0, 0.05) is 0 Å². The fourth-order valence-corrected chi connectivity index (χ4v) is 2.12. The van der Waals surface area contributed by atoms with E-state index in [-0.39, 0.29) is 24.5 Å². The first-order valence-electron chi connectivity index (χ1n) is 8.31. The minimum Gasteiger partial charge on any atom is -0.482 e. The van der Waals surface area contributed by atoms with Crippen LogP contribution >= 0.6 is 0 Å². The first-order chi connectivity index (χ1) is 13.0. The van der Waals surface area contributed by atoms with Crippen LogP contribution in [0.2, 0.25) is 0 Å². The van der Waals surface area contributed by atoms with Gasteiger partial charge in [-0.3, -0.25) is 0 Å². The summed E-state index contributed by atoms with van der Waals surface area (Å²) in [6, 6.07) is 15.6. The molecule has 6 heteroatoms. The summed E-state index contributed by atoms with van der Waals surface area (Å²) in [6.45, 7) is 3.55. The van der Waals surface area contributed by atoms with Gasteiger partial charge in [-0.15, -0.1) is 0 Å². The topological polar surface area (TPSA) is 85.6 Å². The number of hydrogen-bond acceptors (Lipinski definition) is 6. The van der Waals surface area contributed by atoms with Crippen LogP contribution in [0.3, 0.4) is 0 Å². The molecule has 0 unspecified atom stereocenters. The summed E-state index contributed by atoms with van der Waals surface area (Å²) in [4.78, 5) is 23.6. The number of aryl methyl sites for hydroxylation is 1. The molecule has 0 radical (unpaired) electrons. The van der Waals surface area contributed by atoms with E-state index in [9.17, 15) is 9.59 Å². The lowest BCUT2D eigenvalue weighted by Gasteiger charge is -2.07. The zero-order valence-electron chi connectivity index (χ0n) is 15.1. The van der Waals surface area contributed by atoms with E-state index in [2.05, 4.69) is 0 Å². The van der Waals surface area contributed by atoms with Crippen LogP contribution in [0, 0.1) is 18.3 Å². The molecular weight excluding hydrogens is 346 g/mol. The zero-order chi connectivity index (χ0) is 19.6. The average molecular weight is 365 g/mol. The molecule has 0 aromatic heterocycles. The van der Waals surface area contributed by atoms with Crippen molar-refractivity contribution in [2.45, 2.75) is 13.8 Å². The van der Waals surface area contributed by atoms with Crippen molar-refractivity contribution >= 4 is 18.0 Å². The van der Waals surface area contributed by atoms with Crippen molar-refractivity contribution in [1.29, 1.82) is 5.26 Å². The van der Waals surface area contributed by atoms with E-state index in [0.717, 1.165) is 5.56 Å². The Morgan fingerprint density at radius 2 is 1.85 bits per heavy atom. The number of benzene rings is 2. The van der Waals surface area contributed by atoms with Crippen LogP contribution in [-0.2, 0) is 14.3 Å². The second-order valence-electron chi connectivity index (χ2n) is 5.54. The first-order valence-corrected chi connectivity index (χ1v) is 8.31. The van der Waals surface area contributed by atoms with Gasteiger partial charge in [-0.05, 0) is 49.8 Å². The van der Waals surface area contributed by atoms with Crippen molar-refractivity contribution in [3.8, 4) is 17.6 Å². The second-order valence-corrected chi connectivity index (χ2v) is 5.54. The fourth-order valence-electron chi connectivity index (χ4n) is 2.12. The van der Waals surface area contributed by atoms with Gasteiger partial charge in [-0.1, -0.05) is 29.8 Å². The minimum absolute atomic E-state index is 0.136. The summed E-state index contributed by atoms with van der Waals surface area (Å²) in [5.74, 6) is -0.416. The highest BCUT2D eigenvalue weighted by Gasteiger charge is 2.11. The summed E-state index contributed by atoms with van der Waals surface area (Å²) >= 11 is 0. The van der Waals surface area contributed by atoms with Crippen LogP contribution in [0.1, 0.15) is 18.1 Å². The van der Waals surface area contributed by atoms with Crippen molar-refractivity contribution in [2.75, 3.05) is 13.2 Å². The normalized spacial score (nSPS) is 10.6. The van der Waals surface area contributed by atoms with Gasteiger partial charge in [-0.25, -0.2) is 9.59 Å². The average Bonchev–Trinajstić information content (AvgIpc) is 2.66. The summed E-state index contributed by atoms with van der Waals surface area (Å²) in [6.07, 6.45) is 1.37. The van der Waals surface area contributed by atoms with Crippen molar-refractivity contribution < 1.29 is 23.8 Å². The Morgan fingerprint density at radius 1 is 1.11 bits per heavy atom. The standard InChI is InChI=1S/C21H19NO5/c1-3-25-21(24)17(13-22)11-16-5-4-6-19(12-16)27-20(23)14-26-18-9-7-15(2)8-10-18/h4-12H,3,14H2,1-2H3/b17-11+. The molecular formula is C21H19NO5. The van der Waals surface area contributed by atoms with Gasteiger partial charge < -0.3 is 14.2 Å². The molecule has 138 valence electrons. The lowest BCUT2D eigenvalue weighted by molar-refractivity contribution is -0.138. The maximum absolute atomic E-state index is 11.9. The molecule has 2 aromatic carbocycles. The molecule has 27 heavy (non-hydrogen) atoms. The third-order valence-electron chi connectivity index (χ3n) is 3.39. The molecule has 0 fully saturated rings. The van der Waals surface area contributed by atoms with Crippen molar-refractivity contribution in [3.05, 3.63) is 65.2 Å². The molecule has 0 aliphatic rings. The molecule has 0 heterocycles. The number of carbonyl (C=O) groups excluding carboxylic acids is 2. The molecule has 0 spiro atoms. The van der Waals surface area contributed by atoms with E-state index >= 15 is 0 Å². The largest absolute Gasteiger partial charge is 0.482 e. The smallest absolute Gasteiger partial charge is 0.349 e. The third kappa shape index (κ3) is 6.33. The van der Waals surface area contributed by atoms with E-state index in [0.29, 0.717) is 11.3 Å². The lowest BCUT2D eigenvalue weighted by Crippen LogP contribution is -2.17. The molecule has 0 bridgehead atoms. The van der Waals surface area contributed by atoms with Crippen molar-refractivity contribution in [3.63, 3.8) is 0 Å². The molecule has 0 amide bonds. The molecule has 0 saturated carbocycles. The predicted octanol–water partition coefficient (Wildman–Crippen LogP) is 3.45. The monoisotopic (exact) mass is 365 g/mol. The Balaban J connectivity index is 2.00. The number of nitrogens with zero attached hydrogens (tertiary/aromatic N) is 1. The third-order valence-corrected chi connectivity index (χ3v) is 3.39. The van der Waals surface area contributed by atoms with Gasteiger partial charge in [-0.2, -0.15) is 5.26 Å². The molecule has 0 aliphatic heterocycles. The molecule has 0 atom stereocenters. The van der Waals surface area contributed by atoms with Gasteiger partial charge in [0.05, 0.1) is 6.61 Å².